The molecule has 0 spiro atoms. The summed E-state index contributed by atoms with van der Waals surface area (Å²) < 4.78 is 12.1. The summed E-state index contributed by atoms with van der Waals surface area (Å²) in [7, 11) is 2.12. The second kappa shape index (κ2) is 13.2. The van der Waals surface area contributed by atoms with Crippen molar-refractivity contribution in [3.05, 3.63) is 58.3 Å². The minimum atomic E-state index is 0.0920. The third-order valence-corrected chi connectivity index (χ3v) is 7.47. The van der Waals surface area contributed by atoms with Crippen molar-refractivity contribution in [1.29, 1.82) is 0 Å². The number of pyridine rings is 1. The number of aromatic nitrogens is 3. The van der Waals surface area contributed by atoms with Gasteiger partial charge in [-0.3, -0.25) is 4.90 Å². The van der Waals surface area contributed by atoms with Gasteiger partial charge in [0.15, 0.2) is 5.75 Å². The minimum absolute atomic E-state index is 0.0920. The molecule has 2 aromatic heterocycles. The first-order valence-corrected chi connectivity index (χ1v) is 14.1. The fourth-order valence-corrected chi connectivity index (χ4v) is 5.39. The Kier molecular flexibility index (Phi) is 9.49. The Bertz CT molecular complexity index is 1220. The lowest BCUT2D eigenvalue weighted by molar-refractivity contribution is 0.0440. The van der Waals surface area contributed by atoms with Crippen molar-refractivity contribution in [2.24, 2.45) is 0 Å². The van der Waals surface area contributed by atoms with Gasteiger partial charge in [0.05, 0.1) is 30.8 Å². The molecule has 1 atom stereocenters. The molecule has 1 N–H and O–H groups in total. The second-order valence-corrected chi connectivity index (χ2v) is 10.9. The molecular formula is C28H34Cl2N6O3. The summed E-state index contributed by atoms with van der Waals surface area (Å²) in [5, 5.41) is 10.4. The van der Waals surface area contributed by atoms with Gasteiger partial charge in [-0.05, 0) is 49.7 Å². The SMILES string of the molecule is CN1CCN(c2ncc(Oc3cc(CN4CCOC(CCO)CC4)cc(-c4cc(Cl)cc(Cl)c4)n3)cn2)CC1. The first-order valence-electron chi connectivity index (χ1n) is 13.3. The highest BCUT2D eigenvalue weighted by atomic mass is 35.5. The van der Waals surface area contributed by atoms with Crippen molar-refractivity contribution < 1.29 is 14.6 Å². The smallest absolute Gasteiger partial charge is 0.225 e. The van der Waals surface area contributed by atoms with Gasteiger partial charge in [0.1, 0.15) is 0 Å². The quantitative estimate of drug-likeness (QED) is 0.423. The molecule has 0 bridgehead atoms. The first-order chi connectivity index (χ1) is 18.9. The van der Waals surface area contributed by atoms with Crippen molar-refractivity contribution in [2.45, 2.75) is 25.5 Å². The van der Waals surface area contributed by atoms with Crippen LogP contribution in [-0.2, 0) is 11.3 Å². The molecule has 2 aliphatic rings. The molecule has 2 aliphatic heterocycles. The number of rotatable bonds is 8. The molecule has 2 saturated heterocycles. The van der Waals surface area contributed by atoms with Gasteiger partial charge in [0, 0.05) is 74.1 Å². The molecule has 4 heterocycles. The Balaban J connectivity index is 1.36. The Hall–Kier alpha value is -2.53. The summed E-state index contributed by atoms with van der Waals surface area (Å²) in [5.41, 5.74) is 2.57. The maximum Gasteiger partial charge on any atom is 0.225 e. The number of halogens is 2. The van der Waals surface area contributed by atoms with Crippen LogP contribution in [0.1, 0.15) is 18.4 Å². The summed E-state index contributed by atoms with van der Waals surface area (Å²) in [4.78, 5) is 20.7. The topological polar surface area (TPSA) is 87.1 Å². The standard InChI is InChI=1S/C28H34Cl2N6O3/c1-34-5-7-36(8-6-34)28-31-17-25(18-32-28)39-27-13-20(19-35-4-2-24(3-10-37)38-11-9-35)12-26(33-27)21-14-22(29)16-23(30)15-21/h12-18,24,37H,2-11,19H2,1H3. The number of hydrogen-bond acceptors (Lipinski definition) is 9. The van der Waals surface area contributed by atoms with Gasteiger partial charge in [0.25, 0.3) is 0 Å². The highest BCUT2D eigenvalue weighted by Crippen LogP contribution is 2.30. The molecule has 3 aromatic rings. The summed E-state index contributed by atoms with van der Waals surface area (Å²) >= 11 is 12.6. The van der Waals surface area contributed by atoms with Gasteiger partial charge >= 0.3 is 0 Å². The normalized spacial score (nSPS) is 19.2. The van der Waals surface area contributed by atoms with E-state index in [1.807, 2.05) is 24.3 Å². The lowest BCUT2D eigenvalue weighted by Crippen LogP contribution is -2.45. The number of nitrogens with zero attached hydrogens (tertiary/aromatic N) is 6. The van der Waals surface area contributed by atoms with Crippen molar-refractivity contribution in [1.82, 2.24) is 24.8 Å². The average Bonchev–Trinajstić information content (AvgIpc) is 3.14. The number of likely N-dealkylation sites (N-methyl/N-ethyl adjacent to an activating group) is 1. The third kappa shape index (κ3) is 7.78. The van der Waals surface area contributed by atoms with Gasteiger partial charge < -0.3 is 24.4 Å². The number of hydrogen-bond donors (Lipinski definition) is 1. The van der Waals surface area contributed by atoms with Crippen LogP contribution in [0, 0.1) is 0 Å². The van der Waals surface area contributed by atoms with E-state index < -0.39 is 0 Å². The van der Waals surface area contributed by atoms with Gasteiger partial charge in [0.2, 0.25) is 11.8 Å². The van der Waals surface area contributed by atoms with Crippen molar-refractivity contribution >= 4 is 29.2 Å². The van der Waals surface area contributed by atoms with Crippen molar-refractivity contribution in [3.8, 4) is 22.9 Å². The molecule has 9 nitrogen and oxygen atoms in total. The van der Waals surface area contributed by atoms with Crippen LogP contribution in [0.3, 0.4) is 0 Å². The Morgan fingerprint density at radius 3 is 2.44 bits per heavy atom. The van der Waals surface area contributed by atoms with Crippen molar-refractivity contribution in [2.75, 3.05) is 64.4 Å². The molecular weight excluding hydrogens is 539 g/mol. The molecule has 208 valence electrons. The zero-order chi connectivity index (χ0) is 27.2. The number of piperazine rings is 1. The number of aliphatic hydroxyl groups is 1. The van der Waals surface area contributed by atoms with Crippen LogP contribution in [0.4, 0.5) is 5.95 Å². The van der Waals surface area contributed by atoms with Crippen LogP contribution < -0.4 is 9.64 Å². The fourth-order valence-electron chi connectivity index (χ4n) is 4.86. The molecule has 0 radical (unpaired) electrons. The molecule has 0 saturated carbocycles. The third-order valence-electron chi connectivity index (χ3n) is 7.03. The van der Waals surface area contributed by atoms with E-state index in [9.17, 15) is 5.11 Å². The van der Waals surface area contributed by atoms with E-state index in [1.165, 1.54) is 0 Å². The van der Waals surface area contributed by atoms with Gasteiger partial charge in [-0.25, -0.2) is 15.0 Å². The lowest BCUT2D eigenvalue weighted by atomic mass is 10.1. The molecule has 1 unspecified atom stereocenters. The second-order valence-electron chi connectivity index (χ2n) is 10.0. The molecule has 1 aromatic carbocycles. The van der Waals surface area contributed by atoms with E-state index in [0.29, 0.717) is 52.9 Å². The minimum Gasteiger partial charge on any atom is -0.436 e. The van der Waals surface area contributed by atoms with E-state index in [1.54, 1.807) is 18.5 Å². The van der Waals surface area contributed by atoms with Crippen LogP contribution in [-0.4, -0.2) is 95.5 Å². The average molecular weight is 574 g/mol. The molecule has 0 amide bonds. The monoisotopic (exact) mass is 572 g/mol. The predicted molar refractivity (Wildman–Crippen MR) is 153 cm³/mol. The van der Waals surface area contributed by atoms with Crippen molar-refractivity contribution in [3.63, 3.8) is 0 Å². The molecule has 39 heavy (non-hydrogen) atoms. The Morgan fingerprint density at radius 1 is 0.974 bits per heavy atom. The zero-order valence-corrected chi connectivity index (χ0v) is 23.6. The highest BCUT2D eigenvalue weighted by molar-refractivity contribution is 6.35. The number of anilines is 1. The summed E-state index contributed by atoms with van der Waals surface area (Å²) in [6.45, 7) is 6.92. The fraction of sp³-hybridized carbons (Fsp3) is 0.464. The summed E-state index contributed by atoms with van der Waals surface area (Å²) in [6, 6.07) is 9.38. The van der Waals surface area contributed by atoms with E-state index in [4.69, 9.17) is 37.7 Å². The van der Waals surface area contributed by atoms with Crippen LogP contribution >= 0.6 is 23.2 Å². The van der Waals surface area contributed by atoms with Gasteiger partial charge in [-0.15, -0.1) is 0 Å². The Labute approximate surface area is 239 Å². The van der Waals surface area contributed by atoms with Gasteiger partial charge in [-0.1, -0.05) is 23.2 Å². The molecule has 11 heteroatoms. The van der Waals surface area contributed by atoms with E-state index in [-0.39, 0.29) is 12.7 Å². The Morgan fingerprint density at radius 2 is 1.72 bits per heavy atom. The van der Waals surface area contributed by atoms with E-state index in [0.717, 1.165) is 56.8 Å². The van der Waals surface area contributed by atoms with Crippen LogP contribution in [0.15, 0.2) is 42.7 Å². The maximum atomic E-state index is 9.29. The highest BCUT2D eigenvalue weighted by Gasteiger charge is 2.19. The predicted octanol–water partition coefficient (Wildman–Crippen LogP) is 4.36. The van der Waals surface area contributed by atoms with Crippen LogP contribution in [0.25, 0.3) is 11.3 Å². The summed E-state index contributed by atoms with van der Waals surface area (Å²) in [5.74, 6) is 1.66. The van der Waals surface area contributed by atoms with E-state index >= 15 is 0 Å². The number of ether oxygens (including phenoxy) is 2. The molecule has 0 aliphatic carbocycles. The molecule has 2 fully saturated rings. The van der Waals surface area contributed by atoms with Crippen LogP contribution in [0.5, 0.6) is 11.6 Å². The number of benzene rings is 1. The number of aliphatic hydroxyl groups excluding tert-OH is 1. The molecule has 5 rings (SSSR count). The summed E-state index contributed by atoms with van der Waals surface area (Å²) in [6.07, 6.45) is 5.02. The van der Waals surface area contributed by atoms with E-state index in [2.05, 4.69) is 31.7 Å². The van der Waals surface area contributed by atoms with Crippen LogP contribution in [0.2, 0.25) is 10.0 Å². The largest absolute Gasteiger partial charge is 0.436 e. The van der Waals surface area contributed by atoms with Gasteiger partial charge in [-0.2, -0.15) is 0 Å². The zero-order valence-electron chi connectivity index (χ0n) is 22.1. The lowest BCUT2D eigenvalue weighted by Gasteiger charge is -2.32. The first kappa shape index (κ1) is 28.0. The maximum absolute atomic E-state index is 9.29.